The average Bonchev–Trinajstić information content (AvgIpc) is 2.37. The lowest BCUT2D eigenvalue weighted by atomic mass is 9.73. The van der Waals surface area contributed by atoms with Gasteiger partial charge in [-0.2, -0.15) is 0 Å². The first-order chi connectivity index (χ1) is 8.96. The maximum atomic E-state index is 9.69. The zero-order valence-corrected chi connectivity index (χ0v) is 12.4. The van der Waals surface area contributed by atoms with Gasteiger partial charge in [-0.25, -0.2) is 0 Å². The van der Waals surface area contributed by atoms with Crippen molar-refractivity contribution in [3.63, 3.8) is 0 Å². The largest absolute Gasteiger partial charge is 0.496 e. The summed E-state index contributed by atoms with van der Waals surface area (Å²) < 4.78 is 5.48. The Morgan fingerprint density at radius 1 is 1.32 bits per heavy atom. The van der Waals surface area contributed by atoms with Gasteiger partial charge in [-0.15, -0.1) is 0 Å². The van der Waals surface area contributed by atoms with Gasteiger partial charge in [-0.05, 0) is 54.9 Å². The normalized spacial score (nSPS) is 18.6. The number of rotatable bonds is 3. The van der Waals surface area contributed by atoms with Gasteiger partial charge in [-0.1, -0.05) is 25.5 Å². The Morgan fingerprint density at radius 3 is 2.68 bits per heavy atom. The first-order valence-corrected chi connectivity index (χ1v) is 6.93. The van der Waals surface area contributed by atoms with Gasteiger partial charge in [0.15, 0.2) is 0 Å². The molecule has 2 nitrogen and oxygen atoms in total. The van der Waals surface area contributed by atoms with Crippen LogP contribution in [0.2, 0.25) is 0 Å². The minimum atomic E-state index is 0.149. The molecule has 1 N–H and O–H groups in total. The number of aliphatic hydroxyl groups excluding tert-OH is 1. The lowest BCUT2D eigenvalue weighted by Crippen LogP contribution is -2.19. The number of methoxy groups -OCH3 is 1. The molecular formula is C17H24O2. The Hall–Kier alpha value is -1.28. The third kappa shape index (κ3) is 3.01. The van der Waals surface area contributed by atoms with Gasteiger partial charge in [0.1, 0.15) is 5.75 Å². The summed E-state index contributed by atoms with van der Waals surface area (Å²) in [4.78, 5) is 0. The van der Waals surface area contributed by atoms with Crippen molar-refractivity contribution in [1.82, 2.24) is 0 Å². The summed E-state index contributed by atoms with van der Waals surface area (Å²) in [5, 5.41) is 9.69. The predicted octanol–water partition coefficient (Wildman–Crippen LogP) is 3.96. The molecule has 0 saturated heterocycles. The van der Waals surface area contributed by atoms with Gasteiger partial charge in [-0.3, -0.25) is 0 Å². The summed E-state index contributed by atoms with van der Waals surface area (Å²) in [6.07, 6.45) is 3.14. The maximum absolute atomic E-state index is 9.69. The van der Waals surface area contributed by atoms with Crippen LogP contribution in [-0.2, 0) is 0 Å². The number of aliphatic hydroxyl groups is 1. The van der Waals surface area contributed by atoms with Crippen LogP contribution in [0.25, 0.3) is 5.57 Å². The molecule has 0 radical (unpaired) electrons. The highest BCUT2D eigenvalue weighted by atomic mass is 16.5. The van der Waals surface area contributed by atoms with Crippen LogP contribution in [0.15, 0.2) is 23.8 Å². The zero-order valence-electron chi connectivity index (χ0n) is 12.4. The topological polar surface area (TPSA) is 29.5 Å². The van der Waals surface area contributed by atoms with Crippen molar-refractivity contribution in [1.29, 1.82) is 0 Å². The number of hydrogen-bond donors (Lipinski definition) is 1. The Morgan fingerprint density at radius 2 is 2.05 bits per heavy atom. The number of allylic oxidation sites excluding steroid dienone is 1. The monoisotopic (exact) mass is 260 g/mol. The second-order valence-corrected chi connectivity index (χ2v) is 6.28. The number of hydrogen-bond acceptors (Lipinski definition) is 2. The third-order valence-electron chi connectivity index (χ3n) is 4.04. The second-order valence-electron chi connectivity index (χ2n) is 6.28. The van der Waals surface area contributed by atoms with E-state index >= 15 is 0 Å². The van der Waals surface area contributed by atoms with Gasteiger partial charge >= 0.3 is 0 Å². The van der Waals surface area contributed by atoms with Crippen LogP contribution < -0.4 is 4.74 Å². The van der Waals surface area contributed by atoms with E-state index in [1.165, 1.54) is 16.7 Å². The van der Waals surface area contributed by atoms with Gasteiger partial charge in [0.25, 0.3) is 0 Å². The van der Waals surface area contributed by atoms with E-state index in [2.05, 4.69) is 32.9 Å². The third-order valence-corrected chi connectivity index (χ3v) is 4.04. The van der Waals surface area contributed by atoms with Crippen LogP contribution >= 0.6 is 0 Å². The fourth-order valence-corrected chi connectivity index (χ4v) is 2.95. The van der Waals surface area contributed by atoms with Gasteiger partial charge in [0, 0.05) is 5.56 Å². The van der Waals surface area contributed by atoms with Crippen LogP contribution in [0.1, 0.15) is 44.2 Å². The molecule has 1 aliphatic rings. The molecule has 19 heavy (non-hydrogen) atoms. The van der Waals surface area contributed by atoms with Crippen molar-refractivity contribution in [3.8, 4) is 5.75 Å². The molecule has 0 heterocycles. The van der Waals surface area contributed by atoms with E-state index in [-0.39, 0.29) is 6.61 Å². The molecule has 1 aromatic carbocycles. The molecule has 2 heteroatoms. The maximum Gasteiger partial charge on any atom is 0.126 e. The van der Waals surface area contributed by atoms with Crippen molar-refractivity contribution in [2.45, 2.75) is 40.0 Å². The van der Waals surface area contributed by atoms with E-state index < -0.39 is 0 Å². The Labute approximate surface area is 116 Å². The van der Waals surface area contributed by atoms with Crippen molar-refractivity contribution in [2.75, 3.05) is 13.7 Å². The smallest absolute Gasteiger partial charge is 0.126 e. The fourth-order valence-electron chi connectivity index (χ4n) is 2.95. The molecule has 0 saturated carbocycles. The highest BCUT2D eigenvalue weighted by Crippen LogP contribution is 2.44. The van der Waals surface area contributed by atoms with Crippen molar-refractivity contribution in [2.24, 2.45) is 5.41 Å². The SMILES string of the molecule is COc1ccc(C)cc1C1=C(CO)CC(C)(C)CC1. The van der Waals surface area contributed by atoms with E-state index in [0.717, 1.165) is 30.6 Å². The zero-order chi connectivity index (χ0) is 14.0. The van der Waals surface area contributed by atoms with Crippen LogP contribution in [0.3, 0.4) is 0 Å². The van der Waals surface area contributed by atoms with E-state index in [1.807, 2.05) is 6.07 Å². The number of aryl methyl sites for hydroxylation is 1. The molecule has 0 atom stereocenters. The summed E-state index contributed by atoms with van der Waals surface area (Å²) in [5.74, 6) is 0.909. The summed E-state index contributed by atoms with van der Waals surface area (Å²) >= 11 is 0. The molecule has 0 spiro atoms. The van der Waals surface area contributed by atoms with Crippen molar-refractivity contribution < 1.29 is 9.84 Å². The predicted molar refractivity (Wildman–Crippen MR) is 79.4 cm³/mol. The van der Waals surface area contributed by atoms with Gasteiger partial charge in [0.05, 0.1) is 13.7 Å². The van der Waals surface area contributed by atoms with Crippen molar-refractivity contribution >= 4 is 5.57 Å². The Bertz CT molecular complexity index is 498. The van der Waals surface area contributed by atoms with Gasteiger partial charge in [0.2, 0.25) is 0 Å². The molecule has 1 aliphatic carbocycles. The molecule has 1 aromatic rings. The van der Waals surface area contributed by atoms with Crippen LogP contribution in [0.4, 0.5) is 0 Å². The summed E-state index contributed by atoms with van der Waals surface area (Å²) in [5.41, 5.74) is 5.12. The highest BCUT2D eigenvalue weighted by molar-refractivity contribution is 5.74. The number of ether oxygens (including phenoxy) is 1. The highest BCUT2D eigenvalue weighted by Gasteiger charge is 2.28. The minimum Gasteiger partial charge on any atom is -0.496 e. The number of benzene rings is 1. The van der Waals surface area contributed by atoms with E-state index in [1.54, 1.807) is 7.11 Å². The molecule has 0 amide bonds. The van der Waals surface area contributed by atoms with Crippen LogP contribution in [0, 0.1) is 12.3 Å². The summed E-state index contributed by atoms with van der Waals surface area (Å²) in [7, 11) is 1.71. The van der Waals surface area contributed by atoms with E-state index in [0.29, 0.717) is 5.41 Å². The molecule has 0 aliphatic heterocycles. The van der Waals surface area contributed by atoms with Crippen LogP contribution in [0.5, 0.6) is 5.75 Å². The molecular weight excluding hydrogens is 236 g/mol. The summed E-state index contributed by atoms with van der Waals surface area (Å²) in [6.45, 7) is 6.78. The molecule has 0 fully saturated rings. The summed E-state index contributed by atoms with van der Waals surface area (Å²) in [6, 6.07) is 6.25. The van der Waals surface area contributed by atoms with Crippen LogP contribution in [-0.4, -0.2) is 18.8 Å². The molecule has 0 aromatic heterocycles. The Kier molecular flexibility index (Phi) is 4.00. The fraction of sp³-hybridized carbons (Fsp3) is 0.529. The molecule has 2 rings (SSSR count). The Balaban J connectivity index is 2.50. The van der Waals surface area contributed by atoms with Crippen molar-refractivity contribution in [3.05, 3.63) is 34.9 Å². The molecule has 0 unspecified atom stereocenters. The first kappa shape index (κ1) is 14.1. The molecule has 104 valence electrons. The standard InChI is InChI=1S/C17H24O2/c1-12-5-6-16(19-4)15(9-12)14-7-8-17(2,3)10-13(14)11-18/h5-6,9,18H,7-8,10-11H2,1-4H3. The van der Waals surface area contributed by atoms with Gasteiger partial charge < -0.3 is 9.84 Å². The van der Waals surface area contributed by atoms with E-state index in [4.69, 9.17) is 4.74 Å². The second kappa shape index (κ2) is 5.38. The molecule has 0 bridgehead atoms. The van der Waals surface area contributed by atoms with E-state index in [9.17, 15) is 5.11 Å². The average molecular weight is 260 g/mol. The minimum absolute atomic E-state index is 0.149. The first-order valence-electron chi connectivity index (χ1n) is 6.93. The quantitative estimate of drug-likeness (QED) is 0.891. The lowest BCUT2D eigenvalue weighted by molar-refractivity contribution is 0.275. The lowest BCUT2D eigenvalue weighted by Gasteiger charge is -2.33.